The number of pyridine rings is 1. The van der Waals surface area contributed by atoms with Crippen LogP contribution in [0.4, 0.5) is 0 Å². The van der Waals surface area contributed by atoms with Crippen molar-refractivity contribution in [2.24, 2.45) is 11.7 Å². The van der Waals surface area contributed by atoms with Gasteiger partial charge in [-0.3, -0.25) is 23.9 Å². The van der Waals surface area contributed by atoms with E-state index in [2.05, 4.69) is 9.97 Å². The first kappa shape index (κ1) is 19.8. The van der Waals surface area contributed by atoms with Crippen LogP contribution in [-0.4, -0.2) is 43.8 Å². The summed E-state index contributed by atoms with van der Waals surface area (Å²) in [5.41, 5.74) is 4.83. The monoisotopic (exact) mass is 387 g/mol. The summed E-state index contributed by atoms with van der Waals surface area (Å²) in [5, 5.41) is 0.169. The van der Waals surface area contributed by atoms with Gasteiger partial charge in [0.25, 0.3) is 11.5 Å². The van der Waals surface area contributed by atoms with Crippen molar-refractivity contribution in [3.63, 3.8) is 0 Å². The van der Waals surface area contributed by atoms with Crippen LogP contribution < -0.4 is 17.0 Å². The van der Waals surface area contributed by atoms with Gasteiger partial charge in [0.05, 0.1) is 10.9 Å². The average molecular weight is 387 g/mol. The molecule has 0 aromatic carbocycles. The first-order valence-electron chi connectivity index (χ1n) is 9.56. The van der Waals surface area contributed by atoms with E-state index in [-0.39, 0.29) is 16.6 Å². The quantitative estimate of drug-likeness (QED) is 0.776. The fraction of sp³-hybridized carbons (Fsp3) is 0.526. The number of carbonyl (C=O) groups is 2. The van der Waals surface area contributed by atoms with E-state index in [1.807, 2.05) is 13.8 Å². The van der Waals surface area contributed by atoms with E-state index in [1.54, 1.807) is 0 Å². The number of nitrogens with one attached hydrogen (secondary N) is 1. The average Bonchev–Trinajstić information content (AvgIpc) is 2.67. The molecule has 0 bridgehead atoms. The molecule has 1 aliphatic heterocycles. The second-order valence-electron chi connectivity index (χ2n) is 7.41. The van der Waals surface area contributed by atoms with Gasteiger partial charge >= 0.3 is 5.69 Å². The Kier molecular flexibility index (Phi) is 5.62. The van der Waals surface area contributed by atoms with Crippen molar-refractivity contribution in [1.82, 2.24) is 19.4 Å². The lowest BCUT2D eigenvalue weighted by molar-refractivity contribution is -0.124. The summed E-state index contributed by atoms with van der Waals surface area (Å²) < 4.78 is 1.41. The zero-order valence-corrected chi connectivity index (χ0v) is 16.1. The summed E-state index contributed by atoms with van der Waals surface area (Å²) in [5.74, 6) is -0.636. The molecule has 1 saturated heterocycles. The fourth-order valence-electron chi connectivity index (χ4n) is 3.63. The molecule has 9 heteroatoms. The Morgan fingerprint density at radius 1 is 1.36 bits per heavy atom. The highest BCUT2D eigenvalue weighted by atomic mass is 16.2. The van der Waals surface area contributed by atoms with E-state index in [0.717, 1.165) is 19.3 Å². The number of nitrogens with two attached hydrogens (primary N) is 1. The Balaban J connectivity index is 2.02. The third kappa shape index (κ3) is 3.69. The molecule has 2 amide bonds. The van der Waals surface area contributed by atoms with Crippen molar-refractivity contribution in [3.8, 4) is 0 Å². The van der Waals surface area contributed by atoms with Gasteiger partial charge in [-0.05, 0) is 31.2 Å². The highest BCUT2D eigenvalue weighted by Crippen LogP contribution is 2.24. The number of piperidine rings is 1. The lowest BCUT2D eigenvalue weighted by atomic mass is 9.91. The Morgan fingerprint density at radius 2 is 2.11 bits per heavy atom. The highest BCUT2D eigenvalue weighted by Gasteiger charge is 2.34. The van der Waals surface area contributed by atoms with Crippen LogP contribution >= 0.6 is 0 Å². The van der Waals surface area contributed by atoms with Crippen molar-refractivity contribution in [3.05, 3.63) is 38.7 Å². The molecular formula is C19H25N5O4. The van der Waals surface area contributed by atoms with E-state index < -0.39 is 29.1 Å². The first-order chi connectivity index (χ1) is 13.3. The van der Waals surface area contributed by atoms with Crippen molar-refractivity contribution < 1.29 is 9.59 Å². The molecule has 3 heterocycles. The first-order valence-corrected chi connectivity index (χ1v) is 9.56. The number of hydrogen-bond acceptors (Lipinski definition) is 5. The maximum atomic E-state index is 13.0. The standard InChI is InChI=1S/C19H25N5O4/c1-3-4-6-24-16-13(17(26)22-19(24)28)9-12(10-21-16)18(27)23-7-5-11(2)8-14(23)15(20)25/h9-11,14H,3-8H2,1-2H3,(H2,20,25)(H,22,26,28). The molecule has 3 N–H and O–H groups in total. The second kappa shape index (κ2) is 7.95. The van der Waals surface area contributed by atoms with E-state index in [0.29, 0.717) is 25.4 Å². The van der Waals surface area contributed by atoms with Gasteiger partial charge in [-0.1, -0.05) is 20.3 Å². The van der Waals surface area contributed by atoms with Crippen molar-refractivity contribution in [2.45, 2.75) is 52.1 Å². The predicted octanol–water partition coefficient (Wildman–Crippen LogP) is 0.611. The summed E-state index contributed by atoms with van der Waals surface area (Å²) >= 11 is 0. The lowest BCUT2D eigenvalue weighted by Crippen LogP contribution is -2.52. The van der Waals surface area contributed by atoms with Gasteiger partial charge in [-0.2, -0.15) is 0 Å². The van der Waals surface area contributed by atoms with E-state index >= 15 is 0 Å². The number of aryl methyl sites for hydroxylation is 1. The van der Waals surface area contributed by atoms with Gasteiger partial charge < -0.3 is 10.6 Å². The van der Waals surface area contributed by atoms with E-state index in [9.17, 15) is 19.2 Å². The third-order valence-electron chi connectivity index (χ3n) is 5.27. The lowest BCUT2D eigenvalue weighted by Gasteiger charge is -2.36. The summed E-state index contributed by atoms with van der Waals surface area (Å²) in [6.07, 6.45) is 4.27. The number of nitrogens with zero attached hydrogens (tertiary/aromatic N) is 3. The summed E-state index contributed by atoms with van der Waals surface area (Å²) in [4.78, 5) is 57.2. The van der Waals surface area contributed by atoms with Crippen LogP contribution in [0.3, 0.4) is 0 Å². The predicted molar refractivity (Wildman–Crippen MR) is 104 cm³/mol. The number of likely N-dealkylation sites (tertiary alicyclic amines) is 1. The molecular weight excluding hydrogens is 362 g/mol. The molecule has 0 radical (unpaired) electrons. The summed E-state index contributed by atoms with van der Waals surface area (Å²) in [7, 11) is 0. The van der Waals surface area contributed by atoms with Gasteiger partial charge in [0.2, 0.25) is 5.91 Å². The van der Waals surface area contributed by atoms with E-state index in [4.69, 9.17) is 5.73 Å². The Morgan fingerprint density at radius 3 is 2.79 bits per heavy atom. The minimum atomic E-state index is -0.677. The minimum Gasteiger partial charge on any atom is -0.368 e. The van der Waals surface area contributed by atoms with Crippen molar-refractivity contribution >= 4 is 22.8 Å². The molecule has 2 aromatic rings. The molecule has 9 nitrogen and oxygen atoms in total. The van der Waals surface area contributed by atoms with Crippen molar-refractivity contribution in [1.29, 1.82) is 0 Å². The Labute approximate surface area is 161 Å². The fourth-order valence-corrected chi connectivity index (χ4v) is 3.63. The molecule has 2 aromatic heterocycles. The topological polar surface area (TPSA) is 131 Å². The minimum absolute atomic E-state index is 0.169. The van der Waals surface area contributed by atoms with Gasteiger partial charge in [-0.25, -0.2) is 9.78 Å². The number of carbonyl (C=O) groups excluding carboxylic acids is 2. The van der Waals surface area contributed by atoms with Crippen molar-refractivity contribution in [2.75, 3.05) is 6.54 Å². The van der Waals surface area contributed by atoms with E-state index in [1.165, 1.54) is 21.7 Å². The number of primary amides is 1. The molecule has 150 valence electrons. The molecule has 2 atom stereocenters. The molecule has 0 spiro atoms. The Bertz CT molecular complexity index is 1030. The molecule has 0 saturated carbocycles. The van der Waals surface area contributed by atoms with Gasteiger partial charge in [0.15, 0.2) is 0 Å². The zero-order chi connectivity index (χ0) is 20.4. The molecule has 3 rings (SSSR count). The summed E-state index contributed by atoms with van der Waals surface area (Å²) in [6, 6.07) is 0.755. The summed E-state index contributed by atoms with van der Waals surface area (Å²) in [6.45, 7) is 4.86. The normalized spacial score (nSPS) is 19.7. The number of rotatable bonds is 5. The molecule has 1 fully saturated rings. The largest absolute Gasteiger partial charge is 0.368 e. The SMILES string of the molecule is CCCCn1c(=O)[nH]c(=O)c2cc(C(=O)N3CCC(C)CC3C(N)=O)cnc21. The molecule has 0 aliphatic carbocycles. The van der Waals surface area contributed by atoms with Crippen LogP contribution in [0.2, 0.25) is 0 Å². The van der Waals surface area contributed by atoms with Gasteiger partial charge in [-0.15, -0.1) is 0 Å². The number of unbranched alkanes of at least 4 members (excludes halogenated alkanes) is 1. The highest BCUT2D eigenvalue weighted by molar-refractivity contribution is 5.99. The maximum absolute atomic E-state index is 13.0. The Hall–Kier alpha value is -2.97. The molecule has 1 aliphatic rings. The van der Waals surface area contributed by atoms with Crippen LogP contribution in [0.15, 0.2) is 21.9 Å². The molecule has 2 unspecified atom stereocenters. The van der Waals surface area contributed by atoms with Crippen LogP contribution in [0.1, 0.15) is 49.9 Å². The van der Waals surface area contributed by atoms with Crippen LogP contribution in [0.25, 0.3) is 11.0 Å². The number of hydrogen-bond donors (Lipinski definition) is 2. The number of fused-ring (bicyclic) bond motifs is 1. The second-order valence-corrected chi connectivity index (χ2v) is 7.41. The maximum Gasteiger partial charge on any atom is 0.329 e. The number of aromatic amines is 1. The smallest absolute Gasteiger partial charge is 0.329 e. The zero-order valence-electron chi connectivity index (χ0n) is 16.1. The van der Waals surface area contributed by atoms with Gasteiger partial charge in [0, 0.05) is 19.3 Å². The molecule has 28 heavy (non-hydrogen) atoms. The van der Waals surface area contributed by atoms with Crippen LogP contribution in [0, 0.1) is 5.92 Å². The van der Waals surface area contributed by atoms with Crippen LogP contribution in [-0.2, 0) is 11.3 Å². The number of aromatic nitrogens is 3. The third-order valence-corrected chi connectivity index (χ3v) is 5.27. The number of amides is 2. The number of H-pyrrole nitrogens is 1. The van der Waals surface area contributed by atoms with Crippen LogP contribution in [0.5, 0.6) is 0 Å². The van der Waals surface area contributed by atoms with Gasteiger partial charge in [0.1, 0.15) is 11.7 Å².